The van der Waals surface area contributed by atoms with Crippen molar-refractivity contribution in [1.82, 2.24) is 0 Å². The first-order valence-electron chi connectivity index (χ1n) is 5.48. The quantitative estimate of drug-likeness (QED) is 0.781. The molecule has 88 valence electrons. The third-order valence-corrected chi connectivity index (χ3v) is 2.07. The van der Waals surface area contributed by atoms with Gasteiger partial charge < -0.3 is 10.5 Å². The molecular formula is C13H20NO2+. The minimum atomic E-state index is -0.441. The van der Waals surface area contributed by atoms with Gasteiger partial charge in [0, 0.05) is 6.42 Å². The molecule has 16 heavy (non-hydrogen) atoms. The van der Waals surface area contributed by atoms with Crippen LogP contribution in [0.5, 0.6) is 0 Å². The minimum Gasteiger partial charge on any atom is -0.456 e. The molecular weight excluding hydrogens is 202 g/mol. The fourth-order valence-electron chi connectivity index (χ4n) is 1.37. The second kappa shape index (κ2) is 5.12. The van der Waals surface area contributed by atoms with Crippen molar-refractivity contribution in [2.45, 2.75) is 38.8 Å². The molecule has 0 spiro atoms. The van der Waals surface area contributed by atoms with Crippen LogP contribution in [0.3, 0.4) is 0 Å². The zero-order valence-corrected chi connectivity index (χ0v) is 10.2. The van der Waals surface area contributed by atoms with Crippen LogP contribution < -0.4 is 5.73 Å². The fourth-order valence-corrected chi connectivity index (χ4v) is 1.37. The first kappa shape index (κ1) is 12.7. The van der Waals surface area contributed by atoms with Gasteiger partial charge in [0.25, 0.3) is 0 Å². The van der Waals surface area contributed by atoms with Gasteiger partial charge in [-0.15, -0.1) is 0 Å². The number of esters is 1. The van der Waals surface area contributed by atoms with Crippen molar-refractivity contribution >= 4 is 5.97 Å². The molecule has 0 saturated heterocycles. The molecule has 0 aromatic heterocycles. The van der Waals surface area contributed by atoms with E-state index in [1.54, 1.807) is 0 Å². The number of ether oxygens (including phenoxy) is 1. The number of quaternary nitrogens is 1. The van der Waals surface area contributed by atoms with Gasteiger partial charge in [-0.25, -0.2) is 4.79 Å². The lowest BCUT2D eigenvalue weighted by molar-refractivity contribution is -0.409. The molecule has 1 rings (SSSR count). The maximum Gasteiger partial charge on any atom is 0.365 e. The van der Waals surface area contributed by atoms with E-state index in [2.05, 4.69) is 5.73 Å². The van der Waals surface area contributed by atoms with Gasteiger partial charge in [-0.05, 0) is 26.3 Å². The Balaban J connectivity index is 2.53. The van der Waals surface area contributed by atoms with E-state index < -0.39 is 5.60 Å². The molecule has 3 heteroatoms. The molecule has 0 aliphatic carbocycles. The Morgan fingerprint density at radius 1 is 1.31 bits per heavy atom. The SMILES string of the molecule is CC(C)(C)OC(=O)[C@@H]([NH3+])Cc1ccccc1. The topological polar surface area (TPSA) is 53.9 Å². The molecule has 3 nitrogen and oxygen atoms in total. The number of hydrogen-bond acceptors (Lipinski definition) is 2. The lowest BCUT2D eigenvalue weighted by Gasteiger charge is -2.20. The summed E-state index contributed by atoms with van der Waals surface area (Å²) in [5, 5.41) is 0. The van der Waals surface area contributed by atoms with Crippen LogP contribution >= 0.6 is 0 Å². The third-order valence-electron chi connectivity index (χ3n) is 2.07. The smallest absolute Gasteiger partial charge is 0.365 e. The van der Waals surface area contributed by atoms with Gasteiger partial charge in [-0.2, -0.15) is 0 Å². The van der Waals surface area contributed by atoms with Gasteiger partial charge in [0.15, 0.2) is 6.04 Å². The van der Waals surface area contributed by atoms with Crippen molar-refractivity contribution in [2.24, 2.45) is 0 Å². The average Bonchev–Trinajstić information content (AvgIpc) is 2.16. The number of benzene rings is 1. The number of hydrogen-bond donors (Lipinski definition) is 1. The average molecular weight is 222 g/mol. The molecule has 0 bridgehead atoms. The van der Waals surface area contributed by atoms with Gasteiger partial charge >= 0.3 is 5.97 Å². The Kier molecular flexibility index (Phi) is 4.07. The molecule has 3 N–H and O–H groups in total. The first-order valence-corrected chi connectivity index (χ1v) is 5.48. The highest BCUT2D eigenvalue weighted by Crippen LogP contribution is 2.09. The van der Waals surface area contributed by atoms with Crippen LogP contribution in [0.2, 0.25) is 0 Å². The first-order chi connectivity index (χ1) is 7.38. The highest BCUT2D eigenvalue weighted by molar-refractivity contribution is 5.74. The summed E-state index contributed by atoms with van der Waals surface area (Å²) in [7, 11) is 0. The summed E-state index contributed by atoms with van der Waals surface area (Å²) in [6, 6.07) is 9.50. The van der Waals surface area contributed by atoms with Crippen LogP contribution in [0.4, 0.5) is 0 Å². The Morgan fingerprint density at radius 2 is 1.88 bits per heavy atom. The second-order valence-electron chi connectivity index (χ2n) is 4.92. The highest BCUT2D eigenvalue weighted by atomic mass is 16.6. The van der Waals surface area contributed by atoms with E-state index in [-0.39, 0.29) is 12.0 Å². The van der Waals surface area contributed by atoms with Crippen molar-refractivity contribution in [3.05, 3.63) is 35.9 Å². The van der Waals surface area contributed by atoms with E-state index in [1.165, 1.54) is 0 Å². The molecule has 1 aromatic carbocycles. The molecule has 1 atom stereocenters. The van der Waals surface area contributed by atoms with Gasteiger partial charge in [-0.3, -0.25) is 0 Å². The molecule has 0 aliphatic heterocycles. The van der Waals surface area contributed by atoms with E-state index in [4.69, 9.17) is 4.74 Å². The molecule has 0 amide bonds. The summed E-state index contributed by atoms with van der Waals surface area (Å²) in [5.74, 6) is -0.239. The largest absolute Gasteiger partial charge is 0.456 e. The zero-order valence-electron chi connectivity index (χ0n) is 10.2. The van der Waals surface area contributed by atoms with Crippen LogP contribution in [-0.2, 0) is 16.0 Å². The zero-order chi connectivity index (χ0) is 12.2. The lowest BCUT2D eigenvalue weighted by atomic mass is 10.1. The van der Waals surface area contributed by atoms with Crippen molar-refractivity contribution in [2.75, 3.05) is 0 Å². The fraction of sp³-hybridized carbons (Fsp3) is 0.462. The molecule has 0 aliphatic rings. The molecule has 1 aromatic rings. The number of carbonyl (C=O) groups excluding carboxylic acids is 1. The number of rotatable bonds is 3. The van der Waals surface area contributed by atoms with Crippen molar-refractivity contribution in [3.8, 4) is 0 Å². The van der Waals surface area contributed by atoms with Crippen LogP contribution in [-0.4, -0.2) is 17.6 Å². The highest BCUT2D eigenvalue weighted by Gasteiger charge is 2.24. The maximum atomic E-state index is 11.7. The molecule has 0 saturated carbocycles. The monoisotopic (exact) mass is 222 g/mol. The van der Waals surface area contributed by atoms with Crippen LogP contribution in [0.15, 0.2) is 30.3 Å². The Morgan fingerprint density at radius 3 is 2.38 bits per heavy atom. The van der Waals surface area contributed by atoms with Gasteiger partial charge in [0.1, 0.15) is 5.60 Å². The standard InChI is InChI=1S/C13H19NO2/c1-13(2,3)16-12(15)11(14)9-10-7-5-4-6-8-10/h4-8,11H,9,14H2,1-3H3/p+1/t11-/m0/s1. The van der Waals surface area contributed by atoms with Gasteiger partial charge in [0.05, 0.1) is 0 Å². The normalized spacial score (nSPS) is 13.2. The Labute approximate surface area is 96.6 Å². The van der Waals surface area contributed by atoms with Gasteiger partial charge in [0.2, 0.25) is 0 Å². The van der Waals surface area contributed by atoms with Crippen LogP contribution in [0, 0.1) is 0 Å². The molecule has 0 heterocycles. The van der Waals surface area contributed by atoms with E-state index in [0.29, 0.717) is 6.42 Å². The maximum absolute atomic E-state index is 11.7. The summed E-state index contributed by atoms with van der Waals surface area (Å²) >= 11 is 0. The third kappa shape index (κ3) is 4.45. The number of carbonyl (C=O) groups is 1. The summed E-state index contributed by atoms with van der Waals surface area (Å²) < 4.78 is 5.27. The summed E-state index contributed by atoms with van der Waals surface area (Å²) in [6.45, 7) is 5.58. The van der Waals surface area contributed by atoms with Crippen molar-refractivity contribution in [1.29, 1.82) is 0 Å². The molecule has 0 radical (unpaired) electrons. The minimum absolute atomic E-state index is 0.239. The summed E-state index contributed by atoms with van der Waals surface area (Å²) in [4.78, 5) is 11.7. The van der Waals surface area contributed by atoms with E-state index in [1.807, 2.05) is 51.1 Å². The van der Waals surface area contributed by atoms with Crippen LogP contribution in [0.1, 0.15) is 26.3 Å². The Hall–Kier alpha value is -1.35. The Bertz CT molecular complexity index is 341. The lowest BCUT2D eigenvalue weighted by Crippen LogP contribution is -2.66. The van der Waals surface area contributed by atoms with E-state index in [0.717, 1.165) is 5.56 Å². The summed E-state index contributed by atoms with van der Waals surface area (Å²) in [5.41, 5.74) is 4.51. The predicted molar refractivity (Wildman–Crippen MR) is 62.7 cm³/mol. The predicted octanol–water partition coefficient (Wildman–Crippen LogP) is 1.18. The van der Waals surface area contributed by atoms with Crippen molar-refractivity contribution < 1.29 is 15.3 Å². The van der Waals surface area contributed by atoms with Crippen LogP contribution in [0.25, 0.3) is 0 Å². The molecule has 0 fully saturated rings. The molecule has 0 unspecified atom stereocenters. The second-order valence-corrected chi connectivity index (χ2v) is 4.92. The van der Waals surface area contributed by atoms with Crippen molar-refractivity contribution in [3.63, 3.8) is 0 Å². The van der Waals surface area contributed by atoms with Gasteiger partial charge in [-0.1, -0.05) is 30.3 Å². The van der Waals surface area contributed by atoms with E-state index >= 15 is 0 Å². The summed E-state index contributed by atoms with van der Waals surface area (Å²) in [6.07, 6.45) is 0.621. The van der Waals surface area contributed by atoms with E-state index in [9.17, 15) is 4.79 Å².